The van der Waals surface area contributed by atoms with Gasteiger partial charge in [-0.05, 0) is 83.5 Å². The molecule has 1 heterocycles. The van der Waals surface area contributed by atoms with E-state index in [-0.39, 0.29) is 19.4 Å². The highest BCUT2D eigenvalue weighted by molar-refractivity contribution is 5.80. The molecule has 1 saturated heterocycles. The van der Waals surface area contributed by atoms with Crippen LogP contribution < -0.4 is 5.32 Å². The van der Waals surface area contributed by atoms with Crippen LogP contribution in [-0.4, -0.2) is 99.6 Å². The molecule has 0 radical (unpaired) electrons. The molecule has 1 aliphatic rings. The van der Waals surface area contributed by atoms with E-state index in [1.165, 1.54) is 83.5 Å². The van der Waals surface area contributed by atoms with Crippen LogP contribution in [0.5, 0.6) is 0 Å². The van der Waals surface area contributed by atoms with Crippen LogP contribution in [0.4, 0.5) is 0 Å². The van der Waals surface area contributed by atoms with Crippen molar-refractivity contribution in [3.8, 4) is 0 Å². The van der Waals surface area contributed by atoms with Gasteiger partial charge in [-0.2, -0.15) is 0 Å². The van der Waals surface area contributed by atoms with Gasteiger partial charge in [0, 0.05) is 6.42 Å². The zero-order chi connectivity index (χ0) is 51.1. The fourth-order valence-electron chi connectivity index (χ4n) is 8.60. The molecule has 0 aromatic heterocycles. The van der Waals surface area contributed by atoms with Gasteiger partial charge in [0.05, 0.1) is 25.4 Å². The number of unbranched alkanes of at least 4 members (excludes halogenated alkanes) is 25. The molecule has 6 N–H and O–H groups in total. The third kappa shape index (κ3) is 35.5. The van der Waals surface area contributed by atoms with Gasteiger partial charge in [0.15, 0.2) is 12.4 Å². The van der Waals surface area contributed by atoms with Crippen LogP contribution in [-0.2, 0) is 23.8 Å². The number of nitrogens with one attached hydrogen (secondary N) is 1. The number of hydrogen-bond acceptors (Lipinski definition) is 10. The Morgan fingerprint density at radius 2 is 1.03 bits per heavy atom. The normalized spacial score (nSPS) is 20.1. The number of carbonyl (C=O) groups is 2. The molecule has 70 heavy (non-hydrogen) atoms. The number of amides is 1. The molecule has 1 rings (SSSR count). The smallest absolute Gasteiger partial charge is 0.306 e. The molecule has 8 atom stereocenters. The second-order valence-electron chi connectivity index (χ2n) is 19.6. The van der Waals surface area contributed by atoms with E-state index >= 15 is 0 Å². The first-order valence-electron chi connectivity index (χ1n) is 28.6. The van der Waals surface area contributed by atoms with Gasteiger partial charge in [0.2, 0.25) is 5.91 Å². The largest absolute Gasteiger partial charge is 0.454 e. The lowest BCUT2D eigenvalue weighted by atomic mass is 9.99. The van der Waals surface area contributed by atoms with Crippen molar-refractivity contribution in [2.45, 2.75) is 288 Å². The maximum Gasteiger partial charge on any atom is 0.306 e. The minimum atomic E-state index is -1.62. The van der Waals surface area contributed by atoms with E-state index in [9.17, 15) is 35.1 Å². The van der Waals surface area contributed by atoms with Gasteiger partial charge < -0.3 is 45.1 Å². The van der Waals surface area contributed by atoms with Gasteiger partial charge in [-0.1, -0.05) is 210 Å². The molecule has 0 saturated carbocycles. The maximum atomic E-state index is 13.4. The van der Waals surface area contributed by atoms with Crippen LogP contribution in [0.25, 0.3) is 0 Å². The third-order valence-corrected chi connectivity index (χ3v) is 13.2. The van der Waals surface area contributed by atoms with Crippen LogP contribution in [0.1, 0.15) is 239 Å². The molecule has 1 amide bonds. The predicted molar refractivity (Wildman–Crippen MR) is 287 cm³/mol. The average Bonchev–Trinajstić information content (AvgIpc) is 3.36. The monoisotopic (exact) mass is 988 g/mol. The van der Waals surface area contributed by atoms with Gasteiger partial charge in [-0.25, -0.2) is 0 Å². The topological polar surface area (TPSA) is 175 Å². The SMILES string of the molecule is CC/C=C/C/C=C/CCCCCCCCCC(=O)OC1C(OCC(NC(=O)C(O)CCCCCCCC/C=C\C/C=C\CCCCC)C(O)/C=C/CCCCCCCCCCC)OC(CO)C(O)C1O. The van der Waals surface area contributed by atoms with Crippen molar-refractivity contribution in [2.75, 3.05) is 13.2 Å². The molecular weight excluding hydrogens is 883 g/mol. The first-order chi connectivity index (χ1) is 34.2. The van der Waals surface area contributed by atoms with E-state index in [1.54, 1.807) is 6.08 Å². The van der Waals surface area contributed by atoms with Gasteiger partial charge in [-0.15, -0.1) is 0 Å². The van der Waals surface area contributed by atoms with Crippen LogP contribution in [0.15, 0.2) is 60.8 Å². The molecule has 11 heteroatoms. The summed E-state index contributed by atoms with van der Waals surface area (Å²) in [4.78, 5) is 26.4. The fraction of sp³-hybridized carbons (Fsp3) is 0.797. The van der Waals surface area contributed by atoms with E-state index in [0.717, 1.165) is 109 Å². The first kappa shape index (κ1) is 65.4. The molecule has 0 aromatic carbocycles. The lowest BCUT2D eigenvalue weighted by molar-refractivity contribution is -0.305. The maximum absolute atomic E-state index is 13.4. The van der Waals surface area contributed by atoms with Crippen LogP contribution >= 0.6 is 0 Å². The van der Waals surface area contributed by atoms with E-state index in [1.807, 2.05) is 6.08 Å². The summed E-state index contributed by atoms with van der Waals surface area (Å²) in [6.07, 6.45) is 46.9. The number of ether oxygens (including phenoxy) is 3. The highest BCUT2D eigenvalue weighted by atomic mass is 16.7. The summed E-state index contributed by atoms with van der Waals surface area (Å²) in [5.74, 6) is -1.21. The summed E-state index contributed by atoms with van der Waals surface area (Å²) in [5, 5.41) is 56.8. The lowest BCUT2D eigenvalue weighted by Gasteiger charge is -2.41. The van der Waals surface area contributed by atoms with Gasteiger partial charge in [0.1, 0.15) is 24.4 Å². The van der Waals surface area contributed by atoms with E-state index < -0.39 is 67.4 Å². The number of carbonyl (C=O) groups excluding carboxylic acids is 2. The van der Waals surface area contributed by atoms with Crippen molar-refractivity contribution < 1.29 is 49.3 Å². The molecule has 0 bridgehead atoms. The van der Waals surface area contributed by atoms with Gasteiger partial charge in [-0.3, -0.25) is 9.59 Å². The van der Waals surface area contributed by atoms with Crippen LogP contribution in [0, 0.1) is 0 Å². The number of aliphatic hydroxyl groups is 5. The van der Waals surface area contributed by atoms with Crippen LogP contribution in [0.2, 0.25) is 0 Å². The first-order valence-corrected chi connectivity index (χ1v) is 28.6. The van der Waals surface area contributed by atoms with Crippen molar-refractivity contribution in [2.24, 2.45) is 0 Å². The molecule has 406 valence electrons. The fourth-order valence-corrected chi connectivity index (χ4v) is 8.60. The average molecular weight is 988 g/mol. The molecule has 1 fully saturated rings. The van der Waals surface area contributed by atoms with Crippen molar-refractivity contribution in [3.05, 3.63) is 60.8 Å². The second-order valence-corrected chi connectivity index (χ2v) is 19.6. The number of rotatable bonds is 47. The van der Waals surface area contributed by atoms with Crippen molar-refractivity contribution in [3.63, 3.8) is 0 Å². The zero-order valence-electron chi connectivity index (χ0n) is 44.6. The molecular formula is C59H105NO10. The minimum Gasteiger partial charge on any atom is -0.454 e. The standard InChI is InChI=1S/C59H105NO10/c1-4-7-10-13-16-19-22-24-26-27-28-31-34-37-40-43-46-52(63)58(67)60-50(51(62)45-42-39-36-33-30-21-18-15-12-9-6-3)49-68-59-57(56(66)55(65)53(48-61)69-59)70-54(64)47-44-41-38-35-32-29-25-23-20-17-14-11-8-5-2/h8,11,16-17,19-20,24,26,42,45,50-53,55-57,59,61-63,65-66H,4-7,9-10,12-15,18,21-23,25,27-41,43-44,46-49H2,1-3H3,(H,60,67)/b11-8+,19-16-,20-17+,26-24-,45-42+. The Morgan fingerprint density at radius 1 is 0.571 bits per heavy atom. The quantitative estimate of drug-likeness (QED) is 0.0196. The Bertz CT molecular complexity index is 1370. The molecule has 1 aliphatic heterocycles. The summed E-state index contributed by atoms with van der Waals surface area (Å²) in [6.45, 7) is 5.62. The predicted octanol–water partition coefficient (Wildman–Crippen LogP) is 12.7. The minimum absolute atomic E-state index is 0.112. The molecule has 11 nitrogen and oxygen atoms in total. The molecule has 0 spiro atoms. The summed E-state index contributed by atoms with van der Waals surface area (Å²) in [5.41, 5.74) is 0. The highest BCUT2D eigenvalue weighted by Gasteiger charge is 2.47. The molecule has 0 aliphatic carbocycles. The third-order valence-electron chi connectivity index (χ3n) is 13.2. The van der Waals surface area contributed by atoms with E-state index in [2.05, 4.69) is 74.7 Å². The second kappa shape index (κ2) is 47.4. The Morgan fingerprint density at radius 3 is 1.56 bits per heavy atom. The van der Waals surface area contributed by atoms with Crippen molar-refractivity contribution >= 4 is 11.9 Å². The molecule has 0 aromatic rings. The summed E-state index contributed by atoms with van der Waals surface area (Å²) < 4.78 is 17.5. The van der Waals surface area contributed by atoms with Gasteiger partial charge >= 0.3 is 5.97 Å². The summed E-state index contributed by atoms with van der Waals surface area (Å²) in [6, 6.07) is -1.03. The summed E-state index contributed by atoms with van der Waals surface area (Å²) >= 11 is 0. The van der Waals surface area contributed by atoms with E-state index in [4.69, 9.17) is 14.2 Å². The number of hydrogen-bond donors (Lipinski definition) is 6. The Kier molecular flexibility index (Phi) is 44.2. The van der Waals surface area contributed by atoms with Crippen molar-refractivity contribution in [1.29, 1.82) is 0 Å². The van der Waals surface area contributed by atoms with Crippen LogP contribution in [0.3, 0.4) is 0 Å². The summed E-state index contributed by atoms with van der Waals surface area (Å²) in [7, 11) is 0. The Labute approximate surface area is 427 Å². The van der Waals surface area contributed by atoms with Crippen molar-refractivity contribution in [1.82, 2.24) is 5.32 Å². The number of esters is 1. The molecule has 8 unspecified atom stereocenters. The Hall–Kier alpha value is -2.64. The number of aliphatic hydroxyl groups excluding tert-OH is 5. The Balaban J connectivity index is 2.73. The van der Waals surface area contributed by atoms with E-state index in [0.29, 0.717) is 12.8 Å². The highest BCUT2D eigenvalue weighted by Crippen LogP contribution is 2.26. The zero-order valence-corrected chi connectivity index (χ0v) is 44.6. The number of allylic oxidation sites excluding steroid dienone is 9. The van der Waals surface area contributed by atoms with Gasteiger partial charge in [0.25, 0.3) is 0 Å². The lowest BCUT2D eigenvalue weighted by Crippen LogP contribution is -2.61.